The normalized spacial score (nSPS) is 13.0. The van der Waals surface area contributed by atoms with Crippen LogP contribution < -0.4 is 5.32 Å². The lowest BCUT2D eigenvalue weighted by atomic mass is 9.97. The molecule has 0 saturated heterocycles. The van der Waals surface area contributed by atoms with E-state index in [2.05, 4.69) is 17.2 Å². The molecule has 1 heterocycles. The summed E-state index contributed by atoms with van der Waals surface area (Å²) in [5, 5.41) is 14.3. The molecule has 3 aromatic rings. The van der Waals surface area contributed by atoms with E-state index in [1.54, 1.807) is 12.1 Å². The van der Waals surface area contributed by atoms with Crippen LogP contribution in [0.25, 0.3) is 10.9 Å². The lowest BCUT2D eigenvalue weighted by molar-refractivity contribution is -0.136. The molecule has 2 N–H and O–H groups in total. The molecule has 6 heteroatoms. The number of pyridine rings is 1. The smallest absolute Gasteiger partial charge is 0.387 e. The van der Waals surface area contributed by atoms with Gasteiger partial charge in [-0.05, 0) is 43.1 Å². The third-order valence-corrected chi connectivity index (χ3v) is 5.14. The van der Waals surface area contributed by atoms with Gasteiger partial charge in [-0.3, -0.25) is 4.98 Å². The average molecular weight is 416 g/mol. The van der Waals surface area contributed by atoms with Gasteiger partial charge in [0.1, 0.15) is 0 Å². The second-order valence-corrected chi connectivity index (χ2v) is 7.64. The highest BCUT2D eigenvalue weighted by Gasteiger charge is 2.34. The highest BCUT2D eigenvalue weighted by molar-refractivity contribution is 5.86. The monoisotopic (exact) mass is 416 g/mol. The summed E-state index contributed by atoms with van der Waals surface area (Å²) in [6.45, 7) is 5.08. The molecule has 1 aromatic heterocycles. The summed E-state index contributed by atoms with van der Waals surface area (Å²) in [6, 6.07) is 13.6. The highest BCUT2D eigenvalue weighted by Crippen LogP contribution is 2.36. The zero-order valence-electron chi connectivity index (χ0n) is 17.3. The van der Waals surface area contributed by atoms with Crippen LogP contribution in [0, 0.1) is 6.92 Å². The molecular formula is C24H27F3N2O. The first-order valence-electron chi connectivity index (χ1n) is 10.2. The van der Waals surface area contributed by atoms with Crippen molar-refractivity contribution in [3.8, 4) is 0 Å². The first kappa shape index (κ1) is 22.2. The van der Waals surface area contributed by atoms with E-state index in [-0.39, 0.29) is 12.1 Å². The minimum atomic E-state index is -4.52. The van der Waals surface area contributed by atoms with Crippen molar-refractivity contribution in [1.82, 2.24) is 10.3 Å². The van der Waals surface area contributed by atoms with Gasteiger partial charge in [-0.2, -0.15) is 13.2 Å². The van der Waals surface area contributed by atoms with E-state index in [0.717, 1.165) is 36.6 Å². The number of halogens is 3. The number of aliphatic hydroxyl groups is 1. The lowest BCUT2D eigenvalue weighted by Crippen LogP contribution is -2.23. The van der Waals surface area contributed by atoms with Gasteiger partial charge in [-0.25, -0.2) is 0 Å². The molecule has 0 saturated carbocycles. The summed E-state index contributed by atoms with van der Waals surface area (Å²) < 4.78 is 40.9. The van der Waals surface area contributed by atoms with Crippen molar-refractivity contribution < 1.29 is 18.3 Å². The van der Waals surface area contributed by atoms with Crippen molar-refractivity contribution in [2.24, 2.45) is 0 Å². The Morgan fingerprint density at radius 3 is 2.50 bits per heavy atom. The SMILES string of the molecule is CCCCNCC(O)c1cc(Cc2ccc(C)cc2)nc2c(C(F)(F)F)cccc12. The van der Waals surface area contributed by atoms with Crippen LogP contribution in [0.15, 0.2) is 48.5 Å². The van der Waals surface area contributed by atoms with Crippen molar-refractivity contribution in [3.05, 3.63) is 76.5 Å². The van der Waals surface area contributed by atoms with Crippen LogP contribution in [0.4, 0.5) is 13.2 Å². The molecule has 0 bridgehead atoms. The second kappa shape index (κ2) is 9.58. The third-order valence-electron chi connectivity index (χ3n) is 5.14. The largest absolute Gasteiger partial charge is 0.418 e. The summed E-state index contributed by atoms with van der Waals surface area (Å²) in [6.07, 6.45) is -3.05. The molecule has 160 valence electrons. The van der Waals surface area contributed by atoms with Crippen LogP contribution in [-0.2, 0) is 12.6 Å². The molecule has 1 unspecified atom stereocenters. The van der Waals surface area contributed by atoms with Crippen LogP contribution >= 0.6 is 0 Å². The number of hydrogen-bond acceptors (Lipinski definition) is 3. The number of nitrogens with zero attached hydrogens (tertiary/aromatic N) is 1. The Balaban J connectivity index is 2.04. The number of benzene rings is 2. The third kappa shape index (κ3) is 5.37. The minimum Gasteiger partial charge on any atom is -0.387 e. The first-order chi connectivity index (χ1) is 14.3. The second-order valence-electron chi connectivity index (χ2n) is 7.64. The van der Waals surface area contributed by atoms with Crippen LogP contribution in [0.1, 0.15) is 53.8 Å². The number of aromatic nitrogens is 1. The summed E-state index contributed by atoms with van der Waals surface area (Å²) in [7, 11) is 0. The van der Waals surface area contributed by atoms with Crippen molar-refractivity contribution in [2.75, 3.05) is 13.1 Å². The number of aliphatic hydroxyl groups excluding tert-OH is 1. The lowest BCUT2D eigenvalue weighted by Gasteiger charge is -2.18. The highest BCUT2D eigenvalue weighted by atomic mass is 19.4. The van der Waals surface area contributed by atoms with Crippen LogP contribution in [0.3, 0.4) is 0 Å². The number of rotatable bonds is 8. The molecule has 30 heavy (non-hydrogen) atoms. The van der Waals surface area contributed by atoms with E-state index in [4.69, 9.17) is 0 Å². The Morgan fingerprint density at radius 2 is 1.83 bits per heavy atom. The van der Waals surface area contributed by atoms with Gasteiger partial charge in [0, 0.05) is 24.0 Å². The summed E-state index contributed by atoms with van der Waals surface area (Å²) >= 11 is 0. The first-order valence-corrected chi connectivity index (χ1v) is 10.2. The molecular weight excluding hydrogens is 389 g/mol. The summed E-state index contributed by atoms with van der Waals surface area (Å²) in [4.78, 5) is 4.36. The molecule has 0 aliphatic carbocycles. The van der Waals surface area contributed by atoms with Crippen molar-refractivity contribution in [3.63, 3.8) is 0 Å². The van der Waals surface area contributed by atoms with Crippen molar-refractivity contribution >= 4 is 10.9 Å². The Labute approximate surface area is 175 Å². The van der Waals surface area contributed by atoms with Crippen LogP contribution in [0.5, 0.6) is 0 Å². The predicted octanol–water partition coefficient (Wildman–Crippen LogP) is 5.58. The Morgan fingerprint density at radius 1 is 1.10 bits per heavy atom. The number of nitrogens with one attached hydrogen (secondary N) is 1. The fourth-order valence-corrected chi connectivity index (χ4v) is 3.49. The molecule has 0 radical (unpaired) electrons. The number of alkyl halides is 3. The van der Waals surface area contributed by atoms with Gasteiger partial charge in [0.05, 0.1) is 17.2 Å². The number of unbranched alkanes of at least 4 members (excludes halogenated alkanes) is 1. The molecule has 0 spiro atoms. The fourth-order valence-electron chi connectivity index (χ4n) is 3.49. The summed E-state index contributed by atoms with van der Waals surface area (Å²) in [5.41, 5.74) is 2.15. The maximum Gasteiger partial charge on any atom is 0.418 e. The van der Waals surface area contributed by atoms with Gasteiger partial charge in [0.25, 0.3) is 0 Å². The van der Waals surface area contributed by atoms with E-state index in [9.17, 15) is 18.3 Å². The average Bonchev–Trinajstić information content (AvgIpc) is 2.71. The molecule has 0 amide bonds. The molecule has 0 fully saturated rings. The van der Waals surface area contributed by atoms with Gasteiger partial charge < -0.3 is 10.4 Å². The summed E-state index contributed by atoms with van der Waals surface area (Å²) in [5.74, 6) is 0. The zero-order valence-corrected chi connectivity index (χ0v) is 17.3. The van der Waals surface area contributed by atoms with E-state index in [1.807, 2.05) is 31.2 Å². The van der Waals surface area contributed by atoms with Gasteiger partial charge in [-0.1, -0.05) is 55.3 Å². The van der Waals surface area contributed by atoms with E-state index in [1.165, 1.54) is 6.07 Å². The fraction of sp³-hybridized carbons (Fsp3) is 0.375. The molecule has 0 aliphatic heterocycles. The standard InChI is InChI=1S/C24H27F3N2O/c1-3-4-12-28-15-22(30)20-14-18(13-17-10-8-16(2)9-11-17)29-23-19(20)6-5-7-21(23)24(25,26)27/h5-11,14,22,28,30H,3-4,12-13,15H2,1-2H3. The Bertz CT molecular complexity index is 984. The number of aryl methyl sites for hydroxylation is 1. The van der Waals surface area contributed by atoms with E-state index < -0.39 is 17.8 Å². The van der Waals surface area contributed by atoms with Gasteiger partial charge >= 0.3 is 6.18 Å². The zero-order chi connectivity index (χ0) is 21.7. The molecule has 0 aliphatic rings. The van der Waals surface area contributed by atoms with Gasteiger partial charge in [0.2, 0.25) is 0 Å². The molecule has 3 nitrogen and oxygen atoms in total. The Hall–Kier alpha value is -2.44. The van der Waals surface area contributed by atoms with Gasteiger partial charge in [-0.15, -0.1) is 0 Å². The topological polar surface area (TPSA) is 45.1 Å². The molecule has 2 aromatic carbocycles. The number of para-hydroxylation sites is 1. The van der Waals surface area contributed by atoms with Crippen LogP contribution in [0.2, 0.25) is 0 Å². The minimum absolute atomic E-state index is 0.114. The van der Waals surface area contributed by atoms with E-state index in [0.29, 0.717) is 23.1 Å². The van der Waals surface area contributed by atoms with Crippen molar-refractivity contribution in [2.45, 2.75) is 45.4 Å². The Kier molecular flexibility index (Phi) is 7.10. The number of hydrogen-bond donors (Lipinski definition) is 2. The van der Waals surface area contributed by atoms with E-state index >= 15 is 0 Å². The molecule has 3 rings (SSSR count). The maximum atomic E-state index is 13.6. The molecule has 1 atom stereocenters. The van der Waals surface area contributed by atoms with Crippen molar-refractivity contribution in [1.29, 1.82) is 0 Å². The van der Waals surface area contributed by atoms with Crippen LogP contribution in [-0.4, -0.2) is 23.2 Å². The predicted molar refractivity (Wildman–Crippen MR) is 113 cm³/mol. The number of fused-ring (bicyclic) bond motifs is 1. The maximum absolute atomic E-state index is 13.6. The quantitative estimate of drug-likeness (QED) is 0.472. The van der Waals surface area contributed by atoms with Gasteiger partial charge in [0.15, 0.2) is 0 Å².